The lowest BCUT2D eigenvalue weighted by Crippen LogP contribution is -1.81. The van der Waals surface area contributed by atoms with Crippen LogP contribution in [0.5, 0.6) is 0 Å². The average Bonchev–Trinajstić information content (AvgIpc) is 2.53. The zero-order chi connectivity index (χ0) is 11.3. The molecule has 0 unspecified atom stereocenters. The largest absolute Gasteiger partial charge is 0.0988 e. The molecule has 15 heavy (non-hydrogen) atoms. The average molecular weight is 198 g/mol. The van der Waals surface area contributed by atoms with Crippen LogP contribution in [-0.2, 0) is 0 Å². The number of hydrogen-bond acceptors (Lipinski definition) is 0. The standard InChI is InChI=1S/C15H18/c1-5-8-10-14-12(4)11-13(7-3)15(14)9-6-2/h5-10H,3-4,11H2,1-2H3/b8-5-,9-6-,14-10+. The molecule has 0 nitrogen and oxygen atoms in total. The highest BCUT2D eigenvalue weighted by Crippen LogP contribution is 2.36. The van der Waals surface area contributed by atoms with Gasteiger partial charge < -0.3 is 0 Å². The summed E-state index contributed by atoms with van der Waals surface area (Å²) in [5.41, 5.74) is 4.95. The van der Waals surface area contributed by atoms with Crippen LogP contribution in [0.1, 0.15) is 20.3 Å². The predicted octanol–water partition coefficient (Wildman–Crippen LogP) is 4.51. The maximum absolute atomic E-state index is 4.09. The molecule has 1 aliphatic rings. The smallest absolute Gasteiger partial charge is 0.00195 e. The second-order valence-corrected chi connectivity index (χ2v) is 3.53. The van der Waals surface area contributed by atoms with Gasteiger partial charge in [-0.05, 0) is 42.6 Å². The Kier molecular flexibility index (Phi) is 4.11. The molecule has 0 spiro atoms. The maximum Gasteiger partial charge on any atom is -0.00195 e. The first-order valence-electron chi connectivity index (χ1n) is 5.24. The summed E-state index contributed by atoms with van der Waals surface area (Å²) >= 11 is 0. The summed E-state index contributed by atoms with van der Waals surface area (Å²) in [6.45, 7) is 12.0. The molecule has 78 valence electrons. The Hall–Kier alpha value is -1.56. The molecule has 0 saturated carbocycles. The zero-order valence-corrected chi connectivity index (χ0v) is 9.59. The van der Waals surface area contributed by atoms with Crippen LogP contribution in [0.2, 0.25) is 0 Å². The van der Waals surface area contributed by atoms with Crippen molar-refractivity contribution in [2.75, 3.05) is 0 Å². The van der Waals surface area contributed by atoms with Crippen molar-refractivity contribution in [1.82, 2.24) is 0 Å². The van der Waals surface area contributed by atoms with E-state index in [-0.39, 0.29) is 0 Å². The van der Waals surface area contributed by atoms with E-state index in [9.17, 15) is 0 Å². The minimum Gasteiger partial charge on any atom is -0.0988 e. The van der Waals surface area contributed by atoms with Crippen LogP contribution < -0.4 is 0 Å². The van der Waals surface area contributed by atoms with Gasteiger partial charge in [-0.2, -0.15) is 0 Å². The summed E-state index contributed by atoms with van der Waals surface area (Å²) in [4.78, 5) is 0. The lowest BCUT2D eigenvalue weighted by atomic mass is 10.0. The Balaban J connectivity index is 3.19. The maximum atomic E-state index is 4.09. The quantitative estimate of drug-likeness (QED) is 0.626. The van der Waals surface area contributed by atoms with E-state index in [0.717, 1.165) is 6.42 Å². The summed E-state index contributed by atoms with van der Waals surface area (Å²) in [6.07, 6.45) is 13.2. The lowest BCUT2D eigenvalue weighted by Gasteiger charge is -2.00. The van der Waals surface area contributed by atoms with Crippen LogP contribution >= 0.6 is 0 Å². The van der Waals surface area contributed by atoms with E-state index in [1.54, 1.807) is 0 Å². The molecule has 0 aliphatic heterocycles. The van der Waals surface area contributed by atoms with Gasteiger partial charge in [-0.25, -0.2) is 0 Å². The normalized spacial score (nSPS) is 20.1. The molecule has 0 aromatic heterocycles. The monoisotopic (exact) mass is 198 g/mol. The molecule has 0 heteroatoms. The highest BCUT2D eigenvalue weighted by molar-refractivity contribution is 5.63. The first-order chi connectivity index (χ1) is 7.24. The van der Waals surface area contributed by atoms with Gasteiger partial charge >= 0.3 is 0 Å². The van der Waals surface area contributed by atoms with Gasteiger partial charge in [-0.1, -0.05) is 49.6 Å². The summed E-state index contributed by atoms with van der Waals surface area (Å²) in [6, 6.07) is 0. The summed E-state index contributed by atoms with van der Waals surface area (Å²) in [7, 11) is 0. The second kappa shape index (κ2) is 5.35. The van der Waals surface area contributed by atoms with E-state index in [1.165, 1.54) is 22.3 Å². The molecule has 0 saturated heterocycles. The summed E-state index contributed by atoms with van der Waals surface area (Å²) in [5, 5.41) is 0. The number of hydrogen-bond donors (Lipinski definition) is 0. The second-order valence-electron chi connectivity index (χ2n) is 3.53. The fourth-order valence-corrected chi connectivity index (χ4v) is 1.73. The van der Waals surface area contributed by atoms with Crippen LogP contribution in [0.4, 0.5) is 0 Å². The molecule has 1 aliphatic carbocycles. The van der Waals surface area contributed by atoms with E-state index in [1.807, 2.05) is 26.0 Å². The van der Waals surface area contributed by atoms with Crippen molar-refractivity contribution >= 4 is 0 Å². The topological polar surface area (TPSA) is 0 Å². The molecule has 0 amide bonds. The molecule has 0 atom stereocenters. The van der Waals surface area contributed by atoms with Gasteiger partial charge in [0, 0.05) is 0 Å². The molecule has 0 aromatic carbocycles. The van der Waals surface area contributed by atoms with Crippen molar-refractivity contribution in [3.8, 4) is 0 Å². The van der Waals surface area contributed by atoms with Gasteiger partial charge in [0.15, 0.2) is 0 Å². The molecule has 0 bridgehead atoms. The number of allylic oxidation sites excluding steroid dienone is 10. The van der Waals surface area contributed by atoms with Gasteiger partial charge in [0.1, 0.15) is 0 Å². The molecule has 0 fully saturated rings. The molecular formula is C15H18. The Bertz CT molecular complexity index is 384. The Labute approximate surface area is 92.7 Å². The highest BCUT2D eigenvalue weighted by atomic mass is 14.2. The minimum atomic E-state index is 0.923. The SMILES string of the molecule is C=CC1=C(/C=C\C)/C(=C/C=C\C)C(=C)C1. The van der Waals surface area contributed by atoms with E-state index in [0.29, 0.717) is 0 Å². The van der Waals surface area contributed by atoms with Crippen LogP contribution in [0, 0.1) is 0 Å². The molecule has 0 N–H and O–H groups in total. The summed E-state index contributed by atoms with van der Waals surface area (Å²) in [5.74, 6) is 0. The van der Waals surface area contributed by atoms with Crippen LogP contribution in [0.15, 0.2) is 71.9 Å². The molecule has 0 radical (unpaired) electrons. The third-order valence-electron chi connectivity index (χ3n) is 2.46. The van der Waals surface area contributed by atoms with Crippen molar-refractivity contribution < 1.29 is 0 Å². The Morgan fingerprint density at radius 2 is 1.93 bits per heavy atom. The van der Waals surface area contributed by atoms with E-state index < -0.39 is 0 Å². The van der Waals surface area contributed by atoms with E-state index >= 15 is 0 Å². The lowest BCUT2D eigenvalue weighted by molar-refractivity contribution is 1.27. The van der Waals surface area contributed by atoms with Crippen molar-refractivity contribution in [2.24, 2.45) is 0 Å². The van der Waals surface area contributed by atoms with Crippen molar-refractivity contribution in [2.45, 2.75) is 20.3 Å². The first-order valence-corrected chi connectivity index (χ1v) is 5.24. The fourth-order valence-electron chi connectivity index (χ4n) is 1.73. The van der Waals surface area contributed by atoms with E-state index in [2.05, 4.69) is 37.5 Å². The molecule has 0 aromatic rings. The van der Waals surface area contributed by atoms with Gasteiger partial charge in [0.25, 0.3) is 0 Å². The summed E-state index contributed by atoms with van der Waals surface area (Å²) < 4.78 is 0. The first kappa shape index (κ1) is 11.5. The van der Waals surface area contributed by atoms with E-state index in [4.69, 9.17) is 0 Å². The fraction of sp³-hybridized carbons (Fsp3) is 0.200. The van der Waals surface area contributed by atoms with Gasteiger partial charge in [-0.15, -0.1) is 0 Å². The van der Waals surface area contributed by atoms with Crippen LogP contribution in [0.25, 0.3) is 0 Å². The third kappa shape index (κ3) is 2.47. The van der Waals surface area contributed by atoms with Gasteiger partial charge in [0.2, 0.25) is 0 Å². The Morgan fingerprint density at radius 1 is 1.20 bits per heavy atom. The van der Waals surface area contributed by atoms with Crippen molar-refractivity contribution in [3.05, 3.63) is 71.9 Å². The third-order valence-corrected chi connectivity index (χ3v) is 2.46. The van der Waals surface area contributed by atoms with Crippen LogP contribution in [-0.4, -0.2) is 0 Å². The molecular weight excluding hydrogens is 180 g/mol. The zero-order valence-electron chi connectivity index (χ0n) is 9.59. The van der Waals surface area contributed by atoms with Crippen LogP contribution in [0.3, 0.4) is 0 Å². The predicted molar refractivity (Wildman–Crippen MR) is 68.7 cm³/mol. The molecule has 0 heterocycles. The van der Waals surface area contributed by atoms with Gasteiger partial charge in [-0.3, -0.25) is 0 Å². The number of rotatable bonds is 3. The Morgan fingerprint density at radius 3 is 2.47 bits per heavy atom. The molecule has 1 rings (SSSR count). The van der Waals surface area contributed by atoms with Crippen molar-refractivity contribution in [1.29, 1.82) is 0 Å². The minimum absolute atomic E-state index is 0.923. The van der Waals surface area contributed by atoms with Crippen molar-refractivity contribution in [3.63, 3.8) is 0 Å². The highest BCUT2D eigenvalue weighted by Gasteiger charge is 2.18. The van der Waals surface area contributed by atoms with Gasteiger partial charge in [0.05, 0.1) is 0 Å².